The molecule has 4 nitrogen and oxygen atoms in total. The number of amides is 1. The lowest BCUT2D eigenvalue weighted by Crippen LogP contribution is -2.20. The zero-order valence-electron chi connectivity index (χ0n) is 6.78. The van der Waals surface area contributed by atoms with Crippen LogP contribution in [0, 0.1) is 6.92 Å². The minimum atomic E-state index is -0.502. The van der Waals surface area contributed by atoms with Crippen molar-refractivity contribution < 1.29 is 9.53 Å². The van der Waals surface area contributed by atoms with Gasteiger partial charge < -0.3 is 10.5 Å². The van der Waals surface area contributed by atoms with Gasteiger partial charge in [-0.1, -0.05) is 6.07 Å². The van der Waals surface area contributed by atoms with Crippen molar-refractivity contribution in [2.24, 2.45) is 5.73 Å². The third kappa shape index (κ3) is 2.57. The van der Waals surface area contributed by atoms with Crippen molar-refractivity contribution >= 4 is 5.91 Å². The largest absolute Gasteiger partial charge is 0.468 e. The van der Waals surface area contributed by atoms with E-state index in [1.807, 2.05) is 13.0 Å². The molecule has 1 amide bonds. The molecule has 0 unspecified atom stereocenters. The second kappa shape index (κ2) is 3.71. The Bertz CT molecular complexity index is 269. The minimum Gasteiger partial charge on any atom is -0.468 e. The van der Waals surface area contributed by atoms with Gasteiger partial charge in [-0.05, 0) is 12.5 Å². The van der Waals surface area contributed by atoms with Crippen LogP contribution in [0.4, 0.5) is 0 Å². The standard InChI is InChI=1S/C8H10N2O2/c1-6-2-3-8(10-4-6)12-5-7(9)11/h2-4H,5H2,1H3,(H2,9,11). The Morgan fingerprint density at radius 3 is 2.92 bits per heavy atom. The monoisotopic (exact) mass is 166 g/mol. The first-order valence-electron chi connectivity index (χ1n) is 3.52. The topological polar surface area (TPSA) is 65.2 Å². The first-order chi connectivity index (χ1) is 5.68. The molecule has 0 radical (unpaired) electrons. The van der Waals surface area contributed by atoms with Gasteiger partial charge in [-0.15, -0.1) is 0 Å². The fourth-order valence-electron chi connectivity index (χ4n) is 0.685. The Kier molecular flexibility index (Phi) is 2.63. The van der Waals surface area contributed by atoms with Crippen LogP contribution in [-0.2, 0) is 4.79 Å². The van der Waals surface area contributed by atoms with Crippen molar-refractivity contribution in [3.8, 4) is 5.88 Å². The Morgan fingerprint density at radius 2 is 2.42 bits per heavy atom. The van der Waals surface area contributed by atoms with Crippen LogP contribution in [0.2, 0.25) is 0 Å². The van der Waals surface area contributed by atoms with E-state index in [1.165, 1.54) is 0 Å². The summed E-state index contributed by atoms with van der Waals surface area (Å²) in [7, 11) is 0. The molecule has 0 aliphatic rings. The molecule has 0 bridgehead atoms. The van der Waals surface area contributed by atoms with Gasteiger partial charge >= 0.3 is 0 Å². The number of ether oxygens (including phenoxy) is 1. The third-order valence-electron chi connectivity index (χ3n) is 1.25. The summed E-state index contributed by atoms with van der Waals surface area (Å²) in [5.74, 6) is -0.0863. The van der Waals surface area contributed by atoms with E-state index in [0.717, 1.165) is 5.56 Å². The summed E-state index contributed by atoms with van der Waals surface area (Å²) in [5.41, 5.74) is 5.92. The molecule has 0 saturated carbocycles. The van der Waals surface area contributed by atoms with E-state index < -0.39 is 5.91 Å². The van der Waals surface area contributed by atoms with Crippen LogP contribution in [0.5, 0.6) is 5.88 Å². The van der Waals surface area contributed by atoms with Gasteiger partial charge in [0, 0.05) is 12.3 Å². The highest BCUT2D eigenvalue weighted by Crippen LogP contribution is 2.05. The molecule has 0 fully saturated rings. The highest BCUT2D eigenvalue weighted by Gasteiger charge is 1.96. The van der Waals surface area contributed by atoms with Crippen LogP contribution in [-0.4, -0.2) is 17.5 Å². The highest BCUT2D eigenvalue weighted by molar-refractivity contribution is 5.75. The Hall–Kier alpha value is -1.58. The summed E-state index contributed by atoms with van der Waals surface area (Å²) < 4.78 is 4.94. The van der Waals surface area contributed by atoms with Crippen LogP contribution >= 0.6 is 0 Å². The van der Waals surface area contributed by atoms with Crippen molar-refractivity contribution in [3.05, 3.63) is 23.9 Å². The van der Waals surface area contributed by atoms with Crippen LogP contribution in [0.15, 0.2) is 18.3 Å². The molecular weight excluding hydrogens is 156 g/mol. The summed E-state index contributed by atoms with van der Waals surface area (Å²) in [5, 5.41) is 0. The lowest BCUT2D eigenvalue weighted by atomic mass is 10.3. The highest BCUT2D eigenvalue weighted by atomic mass is 16.5. The number of nitrogens with zero attached hydrogens (tertiary/aromatic N) is 1. The maximum Gasteiger partial charge on any atom is 0.255 e. The summed E-state index contributed by atoms with van der Waals surface area (Å²) >= 11 is 0. The Morgan fingerprint density at radius 1 is 1.67 bits per heavy atom. The van der Waals surface area contributed by atoms with E-state index in [4.69, 9.17) is 10.5 Å². The average molecular weight is 166 g/mol. The van der Waals surface area contributed by atoms with E-state index in [0.29, 0.717) is 5.88 Å². The van der Waals surface area contributed by atoms with Gasteiger partial charge in [-0.2, -0.15) is 0 Å². The quantitative estimate of drug-likeness (QED) is 0.700. The Labute approximate surface area is 70.4 Å². The van der Waals surface area contributed by atoms with Crippen molar-refractivity contribution in [2.45, 2.75) is 6.92 Å². The molecule has 0 saturated heterocycles. The van der Waals surface area contributed by atoms with Crippen LogP contribution in [0.3, 0.4) is 0 Å². The molecule has 12 heavy (non-hydrogen) atoms. The maximum atomic E-state index is 10.3. The second-order valence-corrected chi connectivity index (χ2v) is 2.43. The molecular formula is C8H10N2O2. The number of primary amides is 1. The normalized spacial score (nSPS) is 9.42. The molecule has 0 atom stereocenters. The molecule has 64 valence electrons. The molecule has 2 N–H and O–H groups in total. The van der Waals surface area contributed by atoms with Crippen molar-refractivity contribution in [1.82, 2.24) is 4.98 Å². The van der Waals surface area contributed by atoms with E-state index in [2.05, 4.69) is 4.98 Å². The zero-order chi connectivity index (χ0) is 8.97. The van der Waals surface area contributed by atoms with Gasteiger partial charge in [0.05, 0.1) is 0 Å². The van der Waals surface area contributed by atoms with Crippen LogP contribution < -0.4 is 10.5 Å². The first kappa shape index (κ1) is 8.52. The smallest absolute Gasteiger partial charge is 0.255 e. The van der Waals surface area contributed by atoms with Gasteiger partial charge in [-0.25, -0.2) is 4.98 Å². The number of carbonyl (C=O) groups is 1. The number of rotatable bonds is 3. The molecule has 0 aliphatic carbocycles. The summed E-state index contributed by atoms with van der Waals surface area (Å²) in [4.78, 5) is 14.2. The number of aryl methyl sites for hydroxylation is 1. The molecule has 0 aliphatic heterocycles. The van der Waals surface area contributed by atoms with Gasteiger partial charge in [-0.3, -0.25) is 4.79 Å². The van der Waals surface area contributed by atoms with Gasteiger partial charge in [0.25, 0.3) is 5.91 Å². The van der Waals surface area contributed by atoms with Crippen LogP contribution in [0.25, 0.3) is 0 Å². The summed E-state index contributed by atoms with van der Waals surface area (Å²) in [6.45, 7) is 1.79. The molecule has 1 heterocycles. The fraction of sp³-hybridized carbons (Fsp3) is 0.250. The molecule has 1 aromatic rings. The zero-order valence-corrected chi connectivity index (χ0v) is 6.78. The van der Waals surface area contributed by atoms with Gasteiger partial charge in [0.2, 0.25) is 5.88 Å². The molecule has 0 spiro atoms. The van der Waals surface area contributed by atoms with E-state index in [1.54, 1.807) is 12.3 Å². The molecule has 4 heteroatoms. The number of hydrogen-bond acceptors (Lipinski definition) is 3. The molecule has 1 rings (SSSR count). The minimum absolute atomic E-state index is 0.129. The lowest BCUT2D eigenvalue weighted by molar-refractivity contribution is -0.120. The number of aromatic nitrogens is 1. The first-order valence-corrected chi connectivity index (χ1v) is 3.52. The molecule has 0 aromatic carbocycles. The van der Waals surface area contributed by atoms with Crippen molar-refractivity contribution in [1.29, 1.82) is 0 Å². The number of pyridine rings is 1. The number of nitrogens with two attached hydrogens (primary N) is 1. The Balaban J connectivity index is 2.53. The predicted octanol–water partition coefficient (Wildman–Crippen LogP) is 0.254. The van der Waals surface area contributed by atoms with Crippen molar-refractivity contribution in [2.75, 3.05) is 6.61 Å². The summed E-state index contributed by atoms with van der Waals surface area (Å²) in [6, 6.07) is 3.54. The number of hydrogen-bond donors (Lipinski definition) is 1. The van der Waals surface area contributed by atoms with E-state index in [-0.39, 0.29) is 6.61 Å². The fourth-order valence-corrected chi connectivity index (χ4v) is 0.685. The average Bonchev–Trinajstić information content (AvgIpc) is 2.03. The van der Waals surface area contributed by atoms with Gasteiger partial charge in [0.1, 0.15) is 0 Å². The number of carbonyl (C=O) groups excluding carboxylic acids is 1. The van der Waals surface area contributed by atoms with E-state index in [9.17, 15) is 4.79 Å². The third-order valence-corrected chi connectivity index (χ3v) is 1.25. The van der Waals surface area contributed by atoms with Crippen LogP contribution in [0.1, 0.15) is 5.56 Å². The summed E-state index contributed by atoms with van der Waals surface area (Å²) in [6.07, 6.45) is 1.66. The van der Waals surface area contributed by atoms with Crippen molar-refractivity contribution in [3.63, 3.8) is 0 Å². The second-order valence-electron chi connectivity index (χ2n) is 2.43. The van der Waals surface area contributed by atoms with E-state index >= 15 is 0 Å². The SMILES string of the molecule is Cc1ccc(OCC(N)=O)nc1. The lowest BCUT2D eigenvalue weighted by Gasteiger charge is -2.01. The molecule has 1 aromatic heterocycles. The maximum absolute atomic E-state index is 10.3. The van der Waals surface area contributed by atoms with Gasteiger partial charge in [0.15, 0.2) is 6.61 Å². The predicted molar refractivity (Wildman–Crippen MR) is 43.7 cm³/mol.